The van der Waals surface area contributed by atoms with Crippen LogP contribution in [0.3, 0.4) is 0 Å². The molecule has 0 aromatic heterocycles. The van der Waals surface area contributed by atoms with E-state index in [0.717, 1.165) is 0 Å². The van der Waals surface area contributed by atoms with Gasteiger partial charge in [0.1, 0.15) is 6.61 Å². The Balaban J connectivity index is 2.04. The Morgan fingerprint density at radius 3 is 2.54 bits per heavy atom. The van der Waals surface area contributed by atoms with Crippen LogP contribution < -0.4 is 10.6 Å². The minimum absolute atomic E-state index is 0.0628. The van der Waals surface area contributed by atoms with Crippen molar-refractivity contribution in [2.24, 2.45) is 0 Å². The molecule has 2 rings (SSSR count). The van der Waals surface area contributed by atoms with E-state index in [2.05, 4.69) is 26.6 Å². The number of hydrogen-bond donors (Lipinski definition) is 2. The van der Waals surface area contributed by atoms with Crippen LogP contribution in [0.15, 0.2) is 53.0 Å². The Morgan fingerprint density at radius 2 is 1.85 bits per heavy atom. The number of halogens is 1. The molecule has 0 saturated heterocycles. The molecular weight excluding hydrogens is 420 g/mol. The topological polar surface area (TPSA) is 76.7 Å². The average molecular weight is 437 g/mol. The van der Waals surface area contributed by atoms with Gasteiger partial charge in [0.05, 0.1) is 6.61 Å². The van der Waals surface area contributed by atoms with E-state index in [9.17, 15) is 9.59 Å². The zero-order chi connectivity index (χ0) is 18.9. The van der Waals surface area contributed by atoms with Crippen LogP contribution in [0.2, 0.25) is 0 Å². The highest BCUT2D eigenvalue weighted by Gasteiger charge is 2.14. The Kier molecular flexibility index (Phi) is 7.71. The van der Waals surface area contributed by atoms with E-state index in [0.29, 0.717) is 27.9 Å². The number of ketones is 1. The van der Waals surface area contributed by atoms with Crippen LogP contribution in [0.5, 0.6) is 0 Å². The maximum Gasteiger partial charge on any atom is 0.413 e. The lowest BCUT2D eigenvalue weighted by Gasteiger charge is -2.12. The highest BCUT2D eigenvalue weighted by molar-refractivity contribution is 9.10. The highest BCUT2D eigenvalue weighted by Crippen LogP contribution is 2.24. The fourth-order valence-corrected chi connectivity index (χ4v) is 2.66. The molecule has 2 aromatic rings. The van der Waals surface area contributed by atoms with Gasteiger partial charge in [0.2, 0.25) is 0 Å². The summed E-state index contributed by atoms with van der Waals surface area (Å²) in [6.07, 6.45) is -0.683. The molecule has 0 heterocycles. The third-order valence-corrected chi connectivity index (χ3v) is 4.14. The van der Waals surface area contributed by atoms with E-state index in [1.165, 1.54) is 7.11 Å². The number of hydrogen-bond acceptors (Lipinski definition) is 5. The number of carbonyl (C=O) groups excluding carboxylic acids is 2. The van der Waals surface area contributed by atoms with Gasteiger partial charge in [-0.15, -0.1) is 0 Å². The molecule has 0 saturated carbocycles. The van der Waals surface area contributed by atoms with Gasteiger partial charge in [-0.3, -0.25) is 10.1 Å². The standard InChI is InChI=1S/C18H17BrN2O4S/c1-24-9-10-25-18(23)21-17(26)20-13-7-8-15(19)14(11-13)16(22)12-5-3-2-4-6-12/h2-8,11H,9-10H2,1H3,(H2,20,21,23,26). The van der Waals surface area contributed by atoms with Crippen LogP contribution in [0.4, 0.5) is 10.5 Å². The fourth-order valence-electron chi connectivity index (χ4n) is 2.03. The molecule has 136 valence electrons. The molecule has 0 aliphatic rings. The van der Waals surface area contributed by atoms with E-state index in [1.54, 1.807) is 42.5 Å². The third kappa shape index (κ3) is 5.91. The summed E-state index contributed by atoms with van der Waals surface area (Å²) in [5, 5.41) is 5.30. The molecule has 0 fully saturated rings. The van der Waals surface area contributed by atoms with E-state index in [-0.39, 0.29) is 17.5 Å². The number of thiocarbonyl (C=S) groups is 1. The zero-order valence-electron chi connectivity index (χ0n) is 14.0. The number of nitrogens with one attached hydrogen (secondary N) is 2. The van der Waals surface area contributed by atoms with Crippen molar-refractivity contribution < 1.29 is 19.1 Å². The van der Waals surface area contributed by atoms with Crippen molar-refractivity contribution in [3.63, 3.8) is 0 Å². The van der Waals surface area contributed by atoms with Crippen LogP contribution in [-0.2, 0) is 9.47 Å². The first kappa shape index (κ1) is 20.0. The molecule has 0 spiro atoms. The SMILES string of the molecule is COCCOC(=O)NC(=S)Nc1ccc(Br)c(C(=O)c2ccccc2)c1. The fraction of sp³-hybridized carbons (Fsp3) is 0.167. The Morgan fingerprint density at radius 1 is 1.12 bits per heavy atom. The number of rotatable bonds is 6. The lowest BCUT2D eigenvalue weighted by atomic mass is 10.0. The molecular formula is C18H17BrN2O4S. The van der Waals surface area contributed by atoms with Crippen LogP contribution in [0, 0.1) is 0 Å². The van der Waals surface area contributed by atoms with Crippen LogP contribution in [0.25, 0.3) is 0 Å². The average Bonchev–Trinajstić information content (AvgIpc) is 2.63. The molecule has 6 nitrogen and oxygen atoms in total. The number of ether oxygens (including phenoxy) is 2. The van der Waals surface area contributed by atoms with Crippen LogP contribution in [-0.4, -0.2) is 37.3 Å². The van der Waals surface area contributed by atoms with Crippen molar-refractivity contribution >= 4 is 50.8 Å². The second kappa shape index (κ2) is 10.0. The molecule has 0 unspecified atom stereocenters. The number of anilines is 1. The molecule has 2 aromatic carbocycles. The van der Waals surface area contributed by atoms with Crippen molar-refractivity contribution in [3.05, 3.63) is 64.1 Å². The maximum absolute atomic E-state index is 12.6. The number of alkyl carbamates (subject to hydrolysis) is 1. The monoisotopic (exact) mass is 436 g/mol. The van der Waals surface area contributed by atoms with Gasteiger partial charge < -0.3 is 14.8 Å². The smallest absolute Gasteiger partial charge is 0.413 e. The minimum Gasteiger partial charge on any atom is -0.447 e. The summed E-state index contributed by atoms with van der Waals surface area (Å²) >= 11 is 8.46. The van der Waals surface area contributed by atoms with E-state index >= 15 is 0 Å². The Hall–Kier alpha value is -2.29. The van der Waals surface area contributed by atoms with Crippen molar-refractivity contribution in [3.8, 4) is 0 Å². The Bertz CT molecular complexity index is 799. The second-order valence-electron chi connectivity index (χ2n) is 5.10. The van der Waals surface area contributed by atoms with Crippen LogP contribution in [0.1, 0.15) is 15.9 Å². The Labute approximate surface area is 165 Å². The van der Waals surface area contributed by atoms with Crippen LogP contribution >= 0.6 is 28.1 Å². The predicted molar refractivity (Wildman–Crippen MR) is 107 cm³/mol. The predicted octanol–water partition coefficient (Wildman–Crippen LogP) is 3.75. The first-order chi connectivity index (χ1) is 12.5. The lowest BCUT2D eigenvalue weighted by Crippen LogP contribution is -2.35. The summed E-state index contributed by atoms with van der Waals surface area (Å²) in [7, 11) is 1.51. The first-order valence-corrected chi connectivity index (χ1v) is 8.84. The normalized spacial score (nSPS) is 10.1. The van der Waals surface area contributed by atoms with Crippen molar-refractivity contribution in [2.45, 2.75) is 0 Å². The number of carbonyl (C=O) groups is 2. The molecule has 1 amide bonds. The summed E-state index contributed by atoms with van der Waals surface area (Å²) < 4.78 is 10.3. The molecule has 2 N–H and O–H groups in total. The maximum atomic E-state index is 12.6. The molecule has 0 atom stereocenters. The molecule has 26 heavy (non-hydrogen) atoms. The van der Waals surface area contributed by atoms with Gasteiger partial charge in [0.25, 0.3) is 0 Å². The largest absolute Gasteiger partial charge is 0.447 e. The third-order valence-electron chi connectivity index (χ3n) is 3.24. The van der Waals surface area contributed by atoms with Gasteiger partial charge >= 0.3 is 6.09 Å². The van der Waals surface area contributed by atoms with Gasteiger partial charge in [-0.2, -0.15) is 0 Å². The van der Waals surface area contributed by atoms with Crippen molar-refractivity contribution in [1.29, 1.82) is 0 Å². The number of amides is 1. The summed E-state index contributed by atoms with van der Waals surface area (Å²) in [5.74, 6) is -0.126. The molecule has 8 heteroatoms. The molecule has 0 radical (unpaired) electrons. The summed E-state index contributed by atoms with van der Waals surface area (Å²) in [5.41, 5.74) is 1.62. The van der Waals surface area contributed by atoms with E-state index < -0.39 is 6.09 Å². The van der Waals surface area contributed by atoms with Gasteiger partial charge in [-0.25, -0.2) is 4.79 Å². The van der Waals surface area contributed by atoms with Gasteiger partial charge in [-0.1, -0.05) is 46.3 Å². The zero-order valence-corrected chi connectivity index (χ0v) is 16.4. The van der Waals surface area contributed by atoms with Crippen molar-refractivity contribution in [2.75, 3.05) is 25.6 Å². The van der Waals surface area contributed by atoms with Gasteiger partial charge in [-0.05, 0) is 30.4 Å². The highest BCUT2D eigenvalue weighted by atomic mass is 79.9. The first-order valence-electron chi connectivity index (χ1n) is 7.64. The van der Waals surface area contributed by atoms with E-state index in [4.69, 9.17) is 21.7 Å². The van der Waals surface area contributed by atoms with Crippen molar-refractivity contribution in [1.82, 2.24) is 5.32 Å². The summed E-state index contributed by atoms with van der Waals surface area (Å²) in [6.45, 7) is 0.421. The molecule has 0 bridgehead atoms. The summed E-state index contributed by atoms with van der Waals surface area (Å²) in [4.78, 5) is 24.2. The van der Waals surface area contributed by atoms with Gasteiger partial charge in [0, 0.05) is 28.4 Å². The lowest BCUT2D eigenvalue weighted by molar-refractivity contribution is 0.102. The molecule has 0 aliphatic heterocycles. The van der Waals surface area contributed by atoms with E-state index in [1.807, 2.05) is 6.07 Å². The molecule has 0 aliphatic carbocycles. The summed E-state index contributed by atoms with van der Waals surface area (Å²) in [6, 6.07) is 14.1. The minimum atomic E-state index is -0.683. The number of benzene rings is 2. The number of methoxy groups -OCH3 is 1. The quantitative estimate of drug-likeness (QED) is 0.407. The van der Waals surface area contributed by atoms with Gasteiger partial charge in [0.15, 0.2) is 10.9 Å². The second-order valence-corrected chi connectivity index (χ2v) is 6.36.